The average Bonchev–Trinajstić information content (AvgIpc) is 2.85. The van der Waals surface area contributed by atoms with Gasteiger partial charge in [0.25, 0.3) is 0 Å². The summed E-state index contributed by atoms with van der Waals surface area (Å²) in [6, 6.07) is 12.8. The lowest BCUT2D eigenvalue weighted by atomic mass is 9.99. The van der Waals surface area contributed by atoms with E-state index >= 15 is 0 Å². The Morgan fingerprint density at radius 3 is 2.55 bits per heavy atom. The lowest BCUT2D eigenvalue weighted by Crippen LogP contribution is -2.03. The maximum atomic E-state index is 11.3. The maximum absolute atomic E-state index is 11.3. The molecule has 2 aromatic rings. The smallest absolute Gasteiger partial charge is 0.228 e. The lowest BCUT2D eigenvalue weighted by Gasteiger charge is -2.13. The molecule has 1 aliphatic heterocycles. The van der Waals surface area contributed by atoms with Gasteiger partial charge >= 0.3 is 0 Å². The molecule has 2 aromatic carbocycles. The Bertz CT molecular complexity index is 649. The highest BCUT2D eigenvalue weighted by atomic mass is 16.5. The standard InChI is InChI=1S/C16H15NO3/c1-20-13-5-2-10(3-6-13)16(19)11-4-7-14-12(8-11)9-15(18)17-14/h2-8,16,19H,9H2,1H3,(H,17,18). The first kappa shape index (κ1) is 12.7. The zero-order valence-corrected chi connectivity index (χ0v) is 11.1. The van der Waals surface area contributed by atoms with Crippen molar-refractivity contribution in [3.8, 4) is 5.75 Å². The van der Waals surface area contributed by atoms with Crippen molar-refractivity contribution < 1.29 is 14.6 Å². The summed E-state index contributed by atoms with van der Waals surface area (Å²) < 4.78 is 5.10. The number of carbonyl (C=O) groups is 1. The van der Waals surface area contributed by atoms with Crippen molar-refractivity contribution in [3.63, 3.8) is 0 Å². The van der Waals surface area contributed by atoms with E-state index in [1.165, 1.54) is 0 Å². The summed E-state index contributed by atoms with van der Waals surface area (Å²) in [7, 11) is 1.61. The van der Waals surface area contributed by atoms with Crippen LogP contribution in [0.25, 0.3) is 0 Å². The van der Waals surface area contributed by atoms with Gasteiger partial charge in [0.05, 0.1) is 13.5 Å². The molecular weight excluding hydrogens is 254 g/mol. The molecule has 0 radical (unpaired) electrons. The molecule has 1 aliphatic rings. The van der Waals surface area contributed by atoms with Crippen LogP contribution in [0.15, 0.2) is 42.5 Å². The first-order chi connectivity index (χ1) is 9.67. The molecule has 0 fully saturated rings. The van der Waals surface area contributed by atoms with Gasteiger partial charge in [0, 0.05) is 5.69 Å². The highest BCUT2D eigenvalue weighted by molar-refractivity contribution is 5.99. The number of amides is 1. The van der Waals surface area contributed by atoms with E-state index in [0.29, 0.717) is 6.42 Å². The van der Waals surface area contributed by atoms with Crippen molar-refractivity contribution in [3.05, 3.63) is 59.2 Å². The van der Waals surface area contributed by atoms with Crippen LogP contribution < -0.4 is 10.1 Å². The Hall–Kier alpha value is -2.33. The normalized spacial score (nSPS) is 14.6. The van der Waals surface area contributed by atoms with E-state index < -0.39 is 6.10 Å². The SMILES string of the molecule is COc1ccc(C(O)c2ccc3c(c2)CC(=O)N3)cc1. The molecule has 0 aliphatic carbocycles. The van der Waals surface area contributed by atoms with Crippen molar-refractivity contribution in [1.82, 2.24) is 0 Å². The van der Waals surface area contributed by atoms with E-state index in [0.717, 1.165) is 28.1 Å². The highest BCUT2D eigenvalue weighted by Gasteiger charge is 2.19. The van der Waals surface area contributed by atoms with Crippen LogP contribution in [0.1, 0.15) is 22.8 Å². The molecule has 0 spiro atoms. The predicted octanol–water partition coefficient (Wildman–Crippen LogP) is 2.27. The number of rotatable bonds is 3. The largest absolute Gasteiger partial charge is 0.497 e. The van der Waals surface area contributed by atoms with Crippen molar-refractivity contribution in [2.75, 3.05) is 12.4 Å². The van der Waals surface area contributed by atoms with E-state index in [2.05, 4.69) is 5.32 Å². The third-order valence-corrected chi connectivity index (χ3v) is 3.50. The molecule has 0 aromatic heterocycles. The molecule has 0 saturated carbocycles. The second-order valence-electron chi connectivity index (χ2n) is 4.82. The van der Waals surface area contributed by atoms with Crippen molar-refractivity contribution in [2.24, 2.45) is 0 Å². The summed E-state index contributed by atoms with van der Waals surface area (Å²) in [5, 5.41) is 13.2. The quantitative estimate of drug-likeness (QED) is 0.898. The van der Waals surface area contributed by atoms with Gasteiger partial charge < -0.3 is 15.2 Å². The first-order valence-electron chi connectivity index (χ1n) is 6.42. The molecule has 0 bridgehead atoms. The summed E-state index contributed by atoms with van der Waals surface area (Å²) in [6.07, 6.45) is -0.333. The van der Waals surface area contributed by atoms with E-state index in [9.17, 15) is 9.90 Å². The van der Waals surface area contributed by atoms with E-state index in [4.69, 9.17) is 4.74 Å². The van der Waals surface area contributed by atoms with Crippen molar-refractivity contribution in [2.45, 2.75) is 12.5 Å². The number of hydrogen-bond donors (Lipinski definition) is 2. The van der Waals surface area contributed by atoms with E-state index in [1.54, 1.807) is 7.11 Å². The highest BCUT2D eigenvalue weighted by Crippen LogP contribution is 2.29. The van der Waals surface area contributed by atoms with Gasteiger partial charge in [0.2, 0.25) is 5.91 Å². The first-order valence-corrected chi connectivity index (χ1v) is 6.42. The molecule has 1 heterocycles. The minimum absolute atomic E-state index is 0.00362. The number of ether oxygens (including phenoxy) is 1. The van der Waals surface area contributed by atoms with Crippen LogP contribution in [0.3, 0.4) is 0 Å². The van der Waals surface area contributed by atoms with Crippen LogP contribution in [-0.4, -0.2) is 18.1 Å². The molecule has 3 rings (SSSR count). The summed E-state index contributed by atoms with van der Waals surface area (Å²) in [5.74, 6) is 0.751. The van der Waals surface area contributed by atoms with Gasteiger partial charge in [-0.25, -0.2) is 0 Å². The second-order valence-corrected chi connectivity index (χ2v) is 4.82. The van der Waals surface area contributed by atoms with E-state index in [-0.39, 0.29) is 5.91 Å². The number of carbonyl (C=O) groups excluding carboxylic acids is 1. The number of methoxy groups -OCH3 is 1. The number of fused-ring (bicyclic) bond motifs is 1. The molecule has 1 atom stereocenters. The number of anilines is 1. The fraction of sp³-hybridized carbons (Fsp3) is 0.188. The Balaban J connectivity index is 1.88. The minimum Gasteiger partial charge on any atom is -0.497 e. The van der Waals surface area contributed by atoms with Gasteiger partial charge in [-0.15, -0.1) is 0 Å². The summed E-state index contributed by atoms with van der Waals surface area (Å²) in [4.78, 5) is 11.3. The Labute approximate surface area is 117 Å². The summed E-state index contributed by atoms with van der Waals surface area (Å²) in [6.45, 7) is 0. The topological polar surface area (TPSA) is 58.6 Å². The number of aliphatic hydroxyl groups excluding tert-OH is 1. The molecule has 4 nitrogen and oxygen atoms in total. The van der Waals surface area contributed by atoms with Gasteiger partial charge in [0.1, 0.15) is 11.9 Å². The monoisotopic (exact) mass is 269 g/mol. The van der Waals surface area contributed by atoms with Crippen LogP contribution >= 0.6 is 0 Å². The van der Waals surface area contributed by atoms with Crippen LogP contribution in [0, 0.1) is 0 Å². The zero-order valence-electron chi connectivity index (χ0n) is 11.1. The second kappa shape index (κ2) is 4.98. The molecule has 1 amide bonds. The van der Waals surface area contributed by atoms with Crippen molar-refractivity contribution in [1.29, 1.82) is 0 Å². The van der Waals surface area contributed by atoms with E-state index in [1.807, 2.05) is 42.5 Å². The van der Waals surface area contributed by atoms with Gasteiger partial charge in [-0.2, -0.15) is 0 Å². The predicted molar refractivity (Wildman–Crippen MR) is 75.8 cm³/mol. The number of benzene rings is 2. The summed E-state index contributed by atoms with van der Waals surface area (Å²) in [5.41, 5.74) is 3.34. The summed E-state index contributed by atoms with van der Waals surface area (Å²) >= 11 is 0. The molecule has 102 valence electrons. The Morgan fingerprint density at radius 2 is 1.85 bits per heavy atom. The lowest BCUT2D eigenvalue weighted by molar-refractivity contribution is -0.115. The van der Waals surface area contributed by atoms with Crippen LogP contribution in [0.5, 0.6) is 5.75 Å². The average molecular weight is 269 g/mol. The molecule has 20 heavy (non-hydrogen) atoms. The molecular formula is C16H15NO3. The maximum Gasteiger partial charge on any atom is 0.228 e. The van der Waals surface area contributed by atoms with Crippen LogP contribution in [-0.2, 0) is 11.2 Å². The minimum atomic E-state index is -0.707. The molecule has 0 saturated heterocycles. The molecule has 2 N–H and O–H groups in total. The number of hydrogen-bond acceptors (Lipinski definition) is 3. The van der Waals surface area contributed by atoms with Gasteiger partial charge in [0.15, 0.2) is 0 Å². The van der Waals surface area contributed by atoms with Gasteiger partial charge in [-0.1, -0.05) is 24.3 Å². The van der Waals surface area contributed by atoms with Crippen LogP contribution in [0.4, 0.5) is 5.69 Å². The molecule has 1 unspecified atom stereocenters. The third kappa shape index (κ3) is 2.26. The van der Waals surface area contributed by atoms with Gasteiger partial charge in [-0.05, 0) is 34.9 Å². The van der Waals surface area contributed by atoms with Gasteiger partial charge in [-0.3, -0.25) is 4.79 Å². The Kier molecular flexibility index (Phi) is 3.16. The number of aliphatic hydroxyl groups is 1. The van der Waals surface area contributed by atoms with Crippen molar-refractivity contribution >= 4 is 11.6 Å². The fourth-order valence-electron chi connectivity index (χ4n) is 2.40. The van der Waals surface area contributed by atoms with Crippen LogP contribution in [0.2, 0.25) is 0 Å². The number of nitrogens with one attached hydrogen (secondary N) is 1. The zero-order chi connectivity index (χ0) is 14.1. The Morgan fingerprint density at radius 1 is 1.15 bits per heavy atom. The molecule has 4 heteroatoms. The fourth-order valence-corrected chi connectivity index (χ4v) is 2.40. The third-order valence-electron chi connectivity index (χ3n) is 3.50.